The molecule has 0 aromatic heterocycles. The lowest BCUT2D eigenvalue weighted by Gasteiger charge is -2.31. The molecule has 0 unspecified atom stereocenters. The molecule has 2 N–H and O–H groups in total. The molecule has 2 amide bonds. The van der Waals surface area contributed by atoms with Crippen LogP contribution < -0.4 is 10.6 Å². The lowest BCUT2D eigenvalue weighted by Crippen LogP contribution is -2.45. The third-order valence-electron chi connectivity index (χ3n) is 2.97. The third kappa shape index (κ3) is 4.08. The van der Waals surface area contributed by atoms with Crippen molar-refractivity contribution in [1.29, 1.82) is 0 Å². The van der Waals surface area contributed by atoms with Gasteiger partial charge in [0.15, 0.2) is 0 Å². The van der Waals surface area contributed by atoms with Crippen LogP contribution in [-0.2, 0) is 9.59 Å². The minimum absolute atomic E-state index is 0.0442. The summed E-state index contributed by atoms with van der Waals surface area (Å²) in [7, 11) is 1.64. The van der Waals surface area contributed by atoms with E-state index in [4.69, 9.17) is 6.42 Å². The first-order valence-corrected chi connectivity index (χ1v) is 5.82. The van der Waals surface area contributed by atoms with Crippen molar-refractivity contribution in [2.45, 2.75) is 12.8 Å². The Morgan fingerprint density at radius 1 is 1.41 bits per heavy atom. The van der Waals surface area contributed by atoms with Crippen molar-refractivity contribution >= 4 is 11.8 Å². The van der Waals surface area contributed by atoms with Crippen molar-refractivity contribution in [2.24, 2.45) is 5.92 Å². The molecule has 0 aliphatic carbocycles. The molecule has 0 aromatic rings. The maximum Gasteiger partial charge on any atom is 0.236 e. The molecule has 94 valence electrons. The molecule has 17 heavy (non-hydrogen) atoms. The third-order valence-corrected chi connectivity index (χ3v) is 2.97. The van der Waals surface area contributed by atoms with Crippen LogP contribution in [0.4, 0.5) is 0 Å². The summed E-state index contributed by atoms with van der Waals surface area (Å²) in [5.74, 6) is 2.59. The standard InChI is InChI=1S/C12H19N3O2/c1-3-6-14-9-11(16)15-7-4-10(5-8-15)12(17)13-2/h1,10,14H,4-9H2,2H3,(H,13,17). The minimum Gasteiger partial charge on any atom is -0.359 e. The Hall–Kier alpha value is -1.54. The van der Waals surface area contributed by atoms with Crippen LogP contribution in [-0.4, -0.2) is 49.9 Å². The van der Waals surface area contributed by atoms with Crippen LogP contribution in [0.15, 0.2) is 0 Å². The van der Waals surface area contributed by atoms with E-state index in [1.807, 2.05) is 0 Å². The molecule has 5 nitrogen and oxygen atoms in total. The van der Waals surface area contributed by atoms with E-state index in [9.17, 15) is 9.59 Å². The number of amides is 2. The lowest BCUT2D eigenvalue weighted by molar-refractivity contribution is -0.134. The Kier molecular flexibility index (Phi) is 5.50. The number of nitrogens with zero attached hydrogens (tertiary/aromatic N) is 1. The van der Waals surface area contributed by atoms with Gasteiger partial charge in [0.2, 0.25) is 11.8 Å². The van der Waals surface area contributed by atoms with Gasteiger partial charge in [0.05, 0.1) is 13.1 Å². The zero-order chi connectivity index (χ0) is 12.7. The van der Waals surface area contributed by atoms with Gasteiger partial charge in [-0.1, -0.05) is 5.92 Å². The van der Waals surface area contributed by atoms with Crippen LogP contribution >= 0.6 is 0 Å². The maximum absolute atomic E-state index is 11.7. The summed E-state index contributed by atoms with van der Waals surface area (Å²) in [4.78, 5) is 24.9. The fraction of sp³-hybridized carbons (Fsp3) is 0.667. The van der Waals surface area contributed by atoms with Gasteiger partial charge in [0.25, 0.3) is 0 Å². The number of carbonyl (C=O) groups excluding carboxylic acids is 2. The van der Waals surface area contributed by atoms with Crippen LogP contribution in [0.2, 0.25) is 0 Å². The van der Waals surface area contributed by atoms with Gasteiger partial charge in [0, 0.05) is 26.1 Å². The average molecular weight is 237 g/mol. The number of likely N-dealkylation sites (tertiary alicyclic amines) is 1. The molecule has 1 fully saturated rings. The molecule has 0 radical (unpaired) electrons. The number of hydrogen-bond acceptors (Lipinski definition) is 3. The van der Waals surface area contributed by atoms with Crippen molar-refractivity contribution in [2.75, 3.05) is 33.2 Å². The Morgan fingerprint density at radius 2 is 2.06 bits per heavy atom. The number of nitrogens with one attached hydrogen (secondary N) is 2. The number of rotatable bonds is 4. The van der Waals surface area contributed by atoms with E-state index in [1.54, 1.807) is 11.9 Å². The molecule has 5 heteroatoms. The largest absolute Gasteiger partial charge is 0.359 e. The van der Waals surface area contributed by atoms with Crippen LogP contribution in [0, 0.1) is 18.3 Å². The fourth-order valence-corrected chi connectivity index (χ4v) is 1.95. The van der Waals surface area contributed by atoms with Crippen LogP contribution in [0.25, 0.3) is 0 Å². The summed E-state index contributed by atoms with van der Waals surface area (Å²) in [6.07, 6.45) is 6.55. The first-order valence-electron chi connectivity index (χ1n) is 5.82. The van der Waals surface area contributed by atoms with E-state index < -0.39 is 0 Å². The van der Waals surface area contributed by atoms with E-state index in [0.717, 1.165) is 12.8 Å². The lowest BCUT2D eigenvalue weighted by atomic mass is 9.96. The van der Waals surface area contributed by atoms with Gasteiger partial charge in [-0.05, 0) is 12.8 Å². The quantitative estimate of drug-likeness (QED) is 0.497. The Balaban J connectivity index is 2.29. The van der Waals surface area contributed by atoms with E-state index in [1.165, 1.54) is 0 Å². The van der Waals surface area contributed by atoms with Gasteiger partial charge in [-0.3, -0.25) is 14.9 Å². The highest BCUT2D eigenvalue weighted by Gasteiger charge is 2.26. The van der Waals surface area contributed by atoms with Crippen molar-refractivity contribution in [1.82, 2.24) is 15.5 Å². The molecule has 0 aromatic carbocycles. The van der Waals surface area contributed by atoms with Crippen molar-refractivity contribution < 1.29 is 9.59 Å². The van der Waals surface area contributed by atoms with Gasteiger partial charge >= 0.3 is 0 Å². The molecule has 0 atom stereocenters. The summed E-state index contributed by atoms with van der Waals surface area (Å²) < 4.78 is 0. The Morgan fingerprint density at radius 3 is 2.59 bits per heavy atom. The maximum atomic E-state index is 11.7. The topological polar surface area (TPSA) is 61.4 Å². The van der Waals surface area contributed by atoms with Crippen molar-refractivity contribution in [3.8, 4) is 12.3 Å². The zero-order valence-electron chi connectivity index (χ0n) is 10.2. The first kappa shape index (κ1) is 13.5. The second-order valence-corrected chi connectivity index (χ2v) is 4.08. The molecule has 0 saturated carbocycles. The monoisotopic (exact) mass is 237 g/mol. The molecule has 1 saturated heterocycles. The fourth-order valence-electron chi connectivity index (χ4n) is 1.95. The second kappa shape index (κ2) is 6.92. The van der Waals surface area contributed by atoms with E-state index >= 15 is 0 Å². The normalized spacial score (nSPS) is 16.4. The van der Waals surface area contributed by atoms with E-state index in [2.05, 4.69) is 16.6 Å². The SMILES string of the molecule is C#CCNCC(=O)N1CCC(C(=O)NC)CC1. The molecular weight excluding hydrogens is 218 g/mol. The first-order chi connectivity index (χ1) is 8.19. The summed E-state index contributed by atoms with van der Waals surface area (Å²) in [6, 6.07) is 0. The minimum atomic E-state index is 0.0442. The molecule has 0 spiro atoms. The van der Waals surface area contributed by atoms with Crippen LogP contribution in [0.1, 0.15) is 12.8 Å². The number of hydrogen-bond donors (Lipinski definition) is 2. The van der Waals surface area contributed by atoms with Gasteiger partial charge < -0.3 is 10.2 Å². The van der Waals surface area contributed by atoms with Gasteiger partial charge in [-0.15, -0.1) is 6.42 Å². The molecule has 1 heterocycles. The second-order valence-electron chi connectivity index (χ2n) is 4.08. The molecule has 1 rings (SSSR count). The van der Waals surface area contributed by atoms with Gasteiger partial charge in [0.1, 0.15) is 0 Å². The molecule has 1 aliphatic rings. The molecule has 1 aliphatic heterocycles. The van der Waals surface area contributed by atoms with Crippen LogP contribution in [0.5, 0.6) is 0 Å². The van der Waals surface area contributed by atoms with Crippen molar-refractivity contribution in [3.05, 3.63) is 0 Å². The van der Waals surface area contributed by atoms with E-state index in [-0.39, 0.29) is 24.3 Å². The smallest absolute Gasteiger partial charge is 0.236 e. The highest BCUT2D eigenvalue weighted by Crippen LogP contribution is 2.16. The zero-order valence-corrected chi connectivity index (χ0v) is 10.2. The number of terminal acetylenes is 1. The average Bonchev–Trinajstić information content (AvgIpc) is 2.38. The number of piperidine rings is 1. The molecular formula is C12H19N3O2. The highest BCUT2D eigenvalue weighted by atomic mass is 16.2. The summed E-state index contributed by atoms with van der Waals surface area (Å²) in [5, 5.41) is 5.51. The Labute approximate surface area is 102 Å². The number of carbonyl (C=O) groups is 2. The van der Waals surface area contributed by atoms with E-state index in [0.29, 0.717) is 19.6 Å². The predicted octanol–water partition coefficient (Wildman–Crippen LogP) is -0.806. The van der Waals surface area contributed by atoms with Crippen molar-refractivity contribution in [3.63, 3.8) is 0 Å². The molecule has 0 bridgehead atoms. The Bertz CT molecular complexity index is 314. The highest BCUT2D eigenvalue weighted by molar-refractivity contribution is 5.80. The summed E-state index contributed by atoms with van der Waals surface area (Å²) >= 11 is 0. The predicted molar refractivity (Wildman–Crippen MR) is 65.1 cm³/mol. The van der Waals surface area contributed by atoms with Gasteiger partial charge in [-0.2, -0.15) is 0 Å². The summed E-state index contributed by atoms with van der Waals surface area (Å²) in [6.45, 7) is 1.97. The summed E-state index contributed by atoms with van der Waals surface area (Å²) in [5.41, 5.74) is 0. The van der Waals surface area contributed by atoms with Crippen LogP contribution in [0.3, 0.4) is 0 Å². The van der Waals surface area contributed by atoms with Gasteiger partial charge in [-0.25, -0.2) is 0 Å².